The molecule has 0 spiro atoms. The molecule has 9 nitrogen and oxygen atoms in total. The molecule has 0 atom stereocenters. The second-order valence-electron chi connectivity index (χ2n) is 4.53. The molecule has 10 heteroatoms. The van der Waals surface area contributed by atoms with E-state index in [2.05, 4.69) is 41.2 Å². The molecule has 0 saturated heterocycles. The van der Waals surface area contributed by atoms with Gasteiger partial charge in [-0.05, 0) is 28.1 Å². The number of rotatable bonds is 3. The number of fused-ring (bicyclic) bond motifs is 1. The van der Waals surface area contributed by atoms with Crippen LogP contribution in [0.25, 0.3) is 11.2 Å². The summed E-state index contributed by atoms with van der Waals surface area (Å²) in [5, 5.41) is 3.07. The van der Waals surface area contributed by atoms with Crippen LogP contribution in [0.15, 0.2) is 28.7 Å². The largest absolute Gasteiger partial charge is 0.382 e. The maximum atomic E-state index is 11.4. The summed E-state index contributed by atoms with van der Waals surface area (Å²) in [6.07, 6.45) is 0. The quantitative estimate of drug-likeness (QED) is 0.531. The van der Waals surface area contributed by atoms with Crippen molar-refractivity contribution in [3.8, 4) is 0 Å². The number of carbonyl (C=O) groups excluding carboxylic acids is 1. The van der Waals surface area contributed by atoms with Crippen molar-refractivity contribution < 1.29 is 4.79 Å². The van der Waals surface area contributed by atoms with Gasteiger partial charge in [-0.3, -0.25) is 4.79 Å². The summed E-state index contributed by atoms with van der Waals surface area (Å²) in [6, 6.07) is 7.40. The van der Waals surface area contributed by atoms with Gasteiger partial charge in [0.15, 0.2) is 28.5 Å². The lowest BCUT2D eigenvalue weighted by Gasteiger charge is -2.11. The zero-order chi connectivity index (χ0) is 16.6. The van der Waals surface area contributed by atoms with Gasteiger partial charge in [0, 0.05) is 4.47 Å². The number of para-hydroxylation sites is 1. The fourth-order valence-corrected chi connectivity index (χ4v) is 2.32. The average molecular weight is 375 g/mol. The van der Waals surface area contributed by atoms with Crippen LogP contribution < -0.4 is 22.5 Å². The highest BCUT2D eigenvalue weighted by Gasteiger charge is 2.16. The summed E-state index contributed by atoms with van der Waals surface area (Å²) in [6.45, 7) is 0. The molecule has 116 valence electrons. The van der Waals surface area contributed by atoms with E-state index in [1.165, 1.54) is 0 Å². The third-order valence-electron chi connectivity index (χ3n) is 2.94. The van der Waals surface area contributed by atoms with E-state index in [9.17, 15) is 4.79 Å². The number of halogens is 1. The maximum Gasteiger partial charge on any atom is 0.271 e. The highest BCUT2D eigenvalue weighted by Crippen LogP contribution is 2.28. The van der Waals surface area contributed by atoms with Gasteiger partial charge in [0.05, 0.1) is 5.69 Å². The third kappa shape index (κ3) is 2.83. The van der Waals surface area contributed by atoms with Gasteiger partial charge < -0.3 is 22.5 Å². The van der Waals surface area contributed by atoms with Gasteiger partial charge in [-0.25, -0.2) is 9.97 Å². The molecule has 3 aromatic rings. The van der Waals surface area contributed by atoms with Crippen LogP contribution in [-0.2, 0) is 0 Å². The number of benzene rings is 1. The van der Waals surface area contributed by atoms with Crippen LogP contribution in [-0.4, -0.2) is 25.8 Å². The zero-order valence-electron chi connectivity index (χ0n) is 11.6. The Labute approximate surface area is 138 Å². The molecule has 1 amide bonds. The van der Waals surface area contributed by atoms with Gasteiger partial charge in [-0.15, -0.1) is 0 Å². The SMILES string of the molecule is NC(=O)c1nc2c(Nc3ccccc3Br)nc(N)nc2nc1N. The monoisotopic (exact) mass is 374 g/mol. The summed E-state index contributed by atoms with van der Waals surface area (Å²) in [4.78, 5) is 27.6. The molecule has 0 radical (unpaired) electrons. The average Bonchev–Trinajstić information content (AvgIpc) is 2.48. The van der Waals surface area contributed by atoms with Crippen LogP contribution in [0.5, 0.6) is 0 Å². The van der Waals surface area contributed by atoms with Crippen LogP contribution in [0, 0.1) is 0 Å². The van der Waals surface area contributed by atoms with Gasteiger partial charge >= 0.3 is 0 Å². The summed E-state index contributed by atoms with van der Waals surface area (Å²) in [5.41, 5.74) is 17.6. The third-order valence-corrected chi connectivity index (χ3v) is 3.63. The summed E-state index contributed by atoms with van der Waals surface area (Å²) in [5.74, 6) is -0.627. The van der Waals surface area contributed by atoms with E-state index in [0.717, 1.165) is 10.2 Å². The summed E-state index contributed by atoms with van der Waals surface area (Å²) >= 11 is 3.42. The van der Waals surface area contributed by atoms with Crippen LogP contribution >= 0.6 is 15.9 Å². The molecule has 3 rings (SSSR count). The van der Waals surface area contributed by atoms with Gasteiger partial charge in [0.1, 0.15) is 0 Å². The number of nitrogen functional groups attached to an aromatic ring is 2. The topological polar surface area (TPSA) is 159 Å². The van der Waals surface area contributed by atoms with Crippen molar-refractivity contribution in [1.82, 2.24) is 19.9 Å². The van der Waals surface area contributed by atoms with E-state index in [1.54, 1.807) is 0 Å². The Bertz CT molecular complexity index is 929. The normalized spacial score (nSPS) is 10.7. The maximum absolute atomic E-state index is 11.4. The standard InChI is InChI=1S/C13H11BrN8O/c14-5-3-1-2-4-6(5)18-11-8-12(22-13(17)21-11)20-9(15)7(19-8)10(16)23/h1-4H,(H2,16,23)(H5,15,17,18,20,21,22). The number of carbonyl (C=O) groups is 1. The Morgan fingerprint density at radius 3 is 2.52 bits per heavy atom. The lowest BCUT2D eigenvalue weighted by atomic mass is 10.3. The molecule has 2 heterocycles. The first kappa shape index (κ1) is 14.9. The molecule has 23 heavy (non-hydrogen) atoms. The van der Waals surface area contributed by atoms with Gasteiger partial charge in [0.25, 0.3) is 5.91 Å². The predicted molar refractivity (Wildman–Crippen MR) is 89.9 cm³/mol. The zero-order valence-corrected chi connectivity index (χ0v) is 13.2. The number of hydrogen-bond acceptors (Lipinski definition) is 8. The predicted octanol–water partition coefficient (Wildman–Crippen LogP) is 1.19. The number of anilines is 4. The Morgan fingerprint density at radius 2 is 1.83 bits per heavy atom. The Balaban J connectivity index is 2.21. The summed E-state index contributed by atoms with van der Waals surface area (Å²) in [7, 11) is 0. The van der Waals surface area contributed by atoms with Crippen LogP contribution in [0.2, 0.25) is 0 Å². The number of hydrogen-bond donors (Lipinski definition) is 4. The first-order chi connectivity index (χ1) is 11.0. The van der Waals surface area contributed by atoms with Crippen molar-refractivity contribution in [3.05, 3.63) is 34.4 Å². The number of nitrogens with zero attached hydrogens (tertiary/aromatic N) is 4. The molecular formula is C13H11BrN8O. The number of aromatic nitrogens is 4. The Kier molecular flexibility index (Phi) is 3.66. The van der Waals surface area contributed by atoms with E-state index < -0.39 is 5.91 Å². The molecule has 0 aliphatic carbocycles. The van der Waals surface area contributed by atoms with Crippen molar-refractivity contribution in [1.29, 1.82) is 0 Å². The van der Waals surface area contributed by atoms with Crippen molar-refractivity contribution in [2.24, 2.45) is 5.73 Å². The molecule has 1 aromatic carbocycles. The lowest BCUT2D eigenvalue weighted by molar-refractivity contribution is 0.0996. The van der Waals surface area contributed by atoms with E-state index in [-0.39, 0.29) is 34.4 Å². The van der Waals surface area contributed by atoms with Crippen LogP contribution in [0.3, 0.4) is 0 Å². The minimum atomic E-state index is -0.791. The molecule has 2 aromatic heterocycles. The number of nitrogens with one attached hydrogen (secondary N) is 1. The fourth-order valence-electron chi connectivity index (χ4n) is 1.94. The minimum Gasteiger partial charge on any atom is -0.382 e. The Hall–Kier alpha value is -3.01. The molecule has 0 unspecified atom stereocenters. The van der Waals surface area contributed by atoms with Crippen molar-refractivity contribution in [2.75, 3.05) is 16.8 Å². The van der Waals surface area contributed by atoms with Gasteiger partial charge in [-0.2, -0.15) is 9.97 Å². The molecule has 0 aliphatic rings. The van der Waals surface area contributed by atoms with Crippen molar-refractivity contribution in [3.63, 3.8) is 0 Å². The van der Waals surface area contributed by atoms with Crippen LogP contribution in [0.4, 0.5) is 23.3 Å². The van der Waals surface area contributed by atoms with Gasteiger partial charge in [-0.1, -0.05) is 12.1 Å². The fraction of sp³-hybridized carbons (Fsp3) is 0. The smallest absolute Gasteiger partial charge is 0.271 e. The molecule has 0 aliphatic heterocycles. The highest BCUT2D eigenvalue weighted by molar-refractivity contribution is 9.10. The van der Waals surface area contributed by atoms with Gasteiger partial charge in [0.2, 0.25) is 5.95 Å². The second-order valence-corrected chi connectivity index (χ2v) is 5.38. The number of nitrogens with two attached hydrogens (primary N) is 3. The summed E-state index contributed by atoms with van der Waals surface area (Å²) < 4.78 is 0.809. The Morgan fingerprint density at radius 1 is 1.09 bits per heavy atom. The minimum absolute atomic E-state index is 0.00687. The molecular weight excluding hydrogens is 364 g/mol. The van der Waals surface area contributed by atoms with E-state index in [4.69, 9.17) is 17.2 Å². The first-order valence-corrected chi connectivity index (χ1v) is 7.17. The van der Waals surface area contributed by atoms with Crippen molar-refractivity contribution >= 4 is 56.3 Å². The number of primary amides is 1. The molecule has 7 N–H and O–H groups in total. The lowest BCUT2D eigenvalue weighted by Crippen LogP contribution is -2.17. The molecule has 0 saturated carbocycles. The van der Waals surface area contributed by atoms with E-state index in [0.29, 0.717) is 0 Å². The van der Waals surface area contributed by atoms with Crippen molar-refractivity contribution in [2.45, 2.75) is 0 Å². The van der Waals surface area contributed by atoms with E-state index in [1.807, 2.05) is 24.3 Å². The molecule has 0 fully saturated rings. The van der Waals surface area contributed by atoms with E-state index >= 15 is 0 Å². The molecule has 0 bridgehead atoms. The number of amides is 1. The van der Waals surface area contributed by atoms with Crippen LogP contribution in [0.1, 0.15) is 10.5 Å². The highest BCUT2D eigenvalue weighted by atomic mass is 79.9. The first-order valence-electron chi connectivity index (χ1n) is 6.38. The second kappa shape index (κ2) is 5.65.